The molecule has 0 aliphatic carbocycles. The minimum Gasteiger partial charge on any atom is -0.339 e. The van der Waals surface area contributed by atoms with Gasteiger partial charge in [-0.1, -0.05) is 64.6 Å². The van der Waals surface area contributed by atoms with Crippen LogP contribution < -0.4 is 16.0 Å². The predicted octanol–water partition coefficient (Wildman–Crippen LogP) is 5.02. The molecule has 2 aromatic carbocycles. The number of nitrogens with one attached hydrogen (secondary N) is 3. The zero-order chi connectivity index (χ0) is 20.2. The average Bonchev–Trinajstić information content (AvgIpc) is 2.56. The van der Waals surface area contributed by atoms with E-state index >= 15 is 0 Å². The van der Waals surface area contributed by atoms with Crippen LogP contribution >= 0.6 is 47.0 Å². The highest BCUT2D eigenvalue weighted by Crippen LogP contribution is 2.29. The van der Waals surface area contributed by atoms with E-state index in [1.165, 1.54) is 0 Å². The lowest BCUT2D eigenvalue weighted by atomic mass is 10.1. The zero-order valence-electron chi connectivity index (χ0n) is 15.1. The Labute approximate surface area is 179 Å². The molecule has 0 aromatic heterocycles. The van der Waals surface area contributed by atoms with Crippen molar-refractivity contribution < 1.29 is 4.79 Å². The minimum absolute atomic E-state index is 0.226. The molecular formula is C19H20Cl3N3OS. The SMILES string of the molecule is Cc1cccc(C(=O)N[C@H](NC(=S)Nc2cc(C)ccc2C)C(Cl)(Cl)Cl)c1. The Morgan fingerprint density at radius 2 is 1.67 bits per heavy atom. The van der Waals surface area contributed by atoms with Crippen molar-refractivity contribution in [2.45, 2.75) is 30.7 Å². The average molecular weight is 445 g/mol. The van der Waals surface area contributed by atoms with Gasteiger partial charge >= 0.3 is 0 Å². The molecular weight excluding hydrogens is 425 g/mol. The Morgan fingerprint density at radius 1 is 1.00 bits per heavy atom. The van der Waals surface area contributed by atoms with Gasteiger partial charge in [0.15, 0.2) is 5.11 Å². The van der Waals surface area contributed by atoms with Crippen LogP contribution in [0.15, 0.2) is 42.5 Å². The number of anilines is 1. The van der Waals surface area contributed by atoms with Gasteiger partial charge in [0.1, 0.15) is 6.17 Å². The number of hydrogen-bond donors (Lipinski definition) is 3. The Kier molecular flexibility index (Phi) is 7.34. The van der Waals surface area contributed by atoms with Gasteiger partial charge in [0.05, 0.1) is 0 Å². The number of carbonyl (C=O) groups is 1. The number of rotatable bonds is 4. The number of halogens is 3. The summed E-state index contributed by atoms with van der Waals surface area (Å²) in [5.41, 5.74) is 4.34. The van der Waals surface area contributed by atoms with E-state index < -0.39 is 9.96 Å². The van der Waals surface area contributed by atoms with E-state index in [-0.39, 0.29) is 11.0 Å². The molecule has 0 saturated heterocycles. The number of aryl methyl sites for hydroxylation is 3. The lowest BCUT2D eigenvalue weighted by molar-refractivity contribution is 0.0934. The van der Waals surface area contributed by atoms with Crippen molar-refractivity contribution in [2.75, 3.05) is 5.32 Å². The molecule has 0 fully saturated rings. The third kappa shape index (κ3) is 6.54. The molecule has 0 unspecified atom stereocenters. The summed E-state index contributed by atoms with van der Waals surface area (Å²) in [6, 6.07) is 13.1. The van der Waals surface area contributed by atoms with E-state index in [0.717, 1.165) is 22.4 Å². The normalized spacial score (nSPS) is 12.2. The van der Waals surface area contributed by atoms with Crippen molar-refractivity contribution in [1.29, 1.82) is 0 Å². The fourth-order valence-electron chi connectivity index (χ4n) is 2.36. The van der Waals surface area contributed by atoms with E-state index in [9.17, 15) is 4.79 Å². The molecule has 0 bridgehead atoms. The highest BCUT2D eigenvalue weighted by molar-refractivity contribution is 7.80. The Bertz CT molecular complexity index is 852. The standard InChI is InChI=1S/C19H20Cl3N3OS/c1-11-5-4-6-14(9-11)16(26)24-17(19(20,21)22)25-18(27)23-15-10-12(2)7-8-13(15)3/h4-10,17H,1-3H3,(H,24,26)(H2,23,25,27)/t17-/m1/s1. The van der Waals surface area contributed by atoms with Crippen molar-refractivity contribution in [3.05, 3.63) is 64.7 Å². The van der Waals surface area contributed by atoms with Gasteiger partial charge in [-0.15, -0.1) is 0 Å². The molecule has 0 aliphatic heterocycles. The van der Waals surface area contributed by atoms with E-state index in [0.29, 0.717) is 5.56 Å². The van der Waals surface area contributed by atoms with E-state index in [1.54, 1.807) is 18.2 Å². The molecule has 1 amide bonds. The number of carbonyl (C=O) groups excluding carboxylic acids is 1. The molecule has 2 aromatic rings. The molecule has 0 saturated carbocycles. The van der Waals surface area contributed by atoms with Crippen molar-refractivity contribution in [3.8, 4) is 0 Å². The summed E-state index contributed by atoms with van der Waals surface area (Å²) in [6.07, 6.45) is -1.03. The minimum atomic E-state index is -1.81. The van der Waals surface area contributed by atoms with Crippen LogP contribution in [-0.4, -0.2) is 21.0 Å². The second-order valence-electron chi connectivity index (χ2n) is 6.23. The van der Waals surface area contributed by atoms with Crippen LogP contribution in [0.2, 0.25) is 0 Å². The summed E-state index contributed by atoms with van der Waals surface area (Å²) in [4.78, 5) is 12.5. The third-order valence-electron chi connectivity index (χ3n) is 3.80. The molecule has 0 radical (unpaired) electrons. The Balaban J connectivity index is 2.11. The van der Waals surface area contributed by atoms with Crippen molar-refractivity contribution in [3.63, 3.8) is 0 Å². The van der Waals surface area contributed by atoms with Gasteiger partial charge in [-0.2, -0.15) is 0 Å². The van der Waals surface area contributed by atoms with Crippen LogP contribution in [0.3, 0.4) is 0 Å². The second kappa shape index (κ2) is 9.11. The largest absolute Gasteiger partial charge is 0.339 e. The number of hydrogen-bond acceptors (Lipinski definition) is 2. The quantitative estimate of drug-likeness (QED) is 0.352. The van der Waals surface area contributed by atoms with Crippen LogP contribution in [0.4, 0.5) is 5.69 Å². The maximum atomic E-state index is 12.5. The summed E-state index contributed by atoms with van der Waals surface area (Å²) >= 11 is 23.4. The Morgan fingerprint density at radius 3 is 2.30 bits per heavy atom. The van der Waals surface area contributed by atoms with Gasteiger partial charge in [-0.05, 0) is 62.3 Å². The van der Waals surface area contributed by atoms with Gasteiger partial charge in [0.25, 0.3) is 5.91 Å². The van der Waals surface area contributed by atoms with Crippen LogP contribution in [0.5, 0.6) is 0 Å². The first-order valence-corrected chi connectivity index (χ1v) is 9.69. The lowest BCUT2D eigenvalue weighted by Gasteiger charge is -2.28. The third-order valence-corrected chi connectivity index (χ3v) is 4.67. The maximum Gasteiger partial charge on any atom is 0.252 e. The molecule has 3 N–H and O–H groups in total. The molecule has 27 heavy (non-hydrogen) atoms. The molecule has 2 rings (SSSR count). The summed E-state index contributed by atoms with van der Waals surface area (Å²) in [7, 11) is 0. The summed E-state index contributed by atoms with van der Waals surface area (Å²) in [6.45, 7) is 5.83. The number of alkyl halides is 3. The molecule has 144 valence electrons. The van der Waals surface area contributed by atoms with Crippen molar-refractivity contribution >= 4 is 63.7 Å². The van der Waals surface area contributed by atoms with Gasteiger partial charge < -0.3 is 16.0 Å². The number of benzene rings is 2. The topological polar surface area (TPSA) is 53.2 Å². The first kappa shape index (κ1) is 21.8. The smallest absolute Gasteiger partial charge is 0.252 e. The van der Waals surface area contributed by atoms with E-state index in [4.69, 9.17) is 47.0 Å². The van der Waals surface area contributed by atoms with Crippen LogP contribution in [-0.2, 0) is 0 Å². The highest BCUT2D eigenvalue weighted by Gasteiger charge is 2.35. The summed E-state index contributed by atoms with van der Waals surface area (Å²) in [5, 5.41) is 8.83. The van der Waals surface area contributed by atoms with Gasteiger partial charge in [0, 0.05) is 11.3 Å². The van der Waals surface area contributed by atoms with Crippen molar-refractivity contribution in [2.24, 2.45) is 0 Å². The fourth-order valence-corrected chi connectivity index (χ4v) is 2.92. The van der Waals surface area contributed by atoms with Crippen LogP contribution in [0.1, 0.15) is 27.0 Å². The first-order chi connectivity index (χ1) is 12.6. The van der Waals surface area contributed by atoms with Gasteiger partial charge in [0.2, 0.25) is 3.79 Å². The van der Waals surface area contributed by atoms with E-state index in [2.05, 4.69) is 16.0 Å². The fraction of sp³-hybridized carbons (Fsp3) is 0.263. The van der Waals surface area contributed by atoms with Gasteiger partial charge in [-0.3, -0.25) is 4.79 Å². The summed E-state index contributed by atoms with van der Waals surface area (Å²) in [5.74, 6) is -0.378. The van der Waals surface area contributed by atoms with Crippen LogP contribution in [0.25, 0.3) is 0 Å². The predicted molar refractivity (Wildman–Crippen MR) is 118 cm³/mol. The lowest BCUT2D eigenvalue weighted by Crippen LogP contribution is -2.56. The molecule has 8 heteroatoms. The number of amides is 1. The van der Waals surface area contributed by atoms with Crippen molar-refractivity contribution in [1.82, 2.24) is 10.6 Å². The molecule has 4 nitrogen and oxygen atoms in total. The highest BCUT2D eigenvalue weighted by atomic mass is 35.6. The molecule has 0 heterocycles. The Hall–Kier alpha value is -1.53. The molecule has 0 spiro atoms. The first-order valence-electron chi connectivity index (χ1n) is 8.15. The summed E-state index contributed by atoms with van der Waals surface area (Å²) < 4.78 is -1.81. The van der Waals surface area contributed by atoms with E-state index in [1.807, 2.05) is 45.0 Å². The maximum absolute atomic E-state index is 12.5. The zero-order valence-corrected chi connectivity index (χ0v) is 18.2. The second-order valence-corrected chi connectivity index (χ2v) is 9.01. The molecule has 1 atom stereocenters. The van der Waals surface area contributed by atoms with Crippen LogP contribution in [0, 0.1) is 20.8 Å². The number of thiocarbonyl (C=S) groups is 1. The monoisotopic (exact) mass is 443 g/mol. The van der Waals surface area contributed by atoms with Gasteiger partial charge in [-0.25, -0.2) is 0 Å². The molecule has 0 aliphatic rings.